The summed E-state index contributed by atoms with van der Waals surface area (Å²) in [5.74, 6) is 0. The molecule has 2 unspecified atom stereocenters. The first-order valence-electron chi connectivity index (χ1n) is 5.50. The monoisotopic (exact) mass is 209 g/mol. The van der Waals surface area contributed by atoms with Gasteiger partial charge in [0.1, 0.15) is 0 Å². The van der Waals surface area contributed by atoms with Crippen LogP contribution in [0.25, 0.3) is 0 Å². The fourth-order valence-corrected chi connectivity index (χ4v) is 2.16. The van der Waals surface area contributed by atoms with Gasteiger partial charge in [0.15, 0.2) is 0 Å². The van der Waals surface area contributed by atoms with Crippen LogP contribution in [-0.2, 0) is 11.3 Å². The molecule has 4 heteroatoms. The first kappa shape index (κ1) is 10.6. The molecule has 2 N–H and O–H groups in total. The molecular formula is C11H19N3O. The van der Waals surface area contributed by atoms with E-state index in [0.29, 0.717) is 0 Å². The number of hydrogen-bond acceptors (Lipinski definition) is 3. The van der Waals surface area contributed by atoms with Crippen molar-refractivity contribution in [3.05, 3.63) is 18.2 Å². The van der Waals surface area contributed by atoms with E-state index >= 15 is 0 Å². The van der Waals surface area contributed by atoms with Gasteiger partial charge in [-0.05, 0) is 26.7 Å². The zero-order valence-corrected chi connectivity index (χ0v) is 9.44. The topological polar surface area (TPSA) is 53.1 Å². The maximum absolute atomic E-state index is 5.87. The molecule has 2 heterocycles. The van der Waals surface area contributed by atoms with Gasteiger partial charge in [-0.25, -0.2) is 4.98 Å². The Bertz CT molecular complexity index is 326. The molecule has 2 atom stereocenters. The number of rotatable bonds is 3. The number of imidazole rings is 1. The molecule has 0 bridgehead atoms. The van der Waals surface area contributed by atoms with Crippen LogP contribution >= 0.6 is 0 Å². The third-order valence-corrected chi connectivity index (χ3v) is 3.02. The minimum Gasteiger partial charge on any atom is -0.373 e. The average Bonchev–Trinajstić information content (AvgIpc) is 2.75. The van der Waals surface area contributed by atoms with Crippen LogP contribution in [0.15, 0.2) is 12.5 Å². The first-order valence-corrected chi connectivity index (χ1v) is 5.50. The van der Waals surface area contributed by atoms with Gasteiger partial charge < -0.3 is 15.0 Å². The Morgan fingerprint density at radius 2 is 2.53 bits per heavy atom. The van der Waals surface area contributed by atoms with E-state index in [1.54, 1.807) is 0 Å². The third-order valence-electron chi connectivity index (χ3n) is 3.02. The Labute approximate surface area is 90.4 Å². The van der Waals surface area contributed by atoms with Gasteiger partial charge in [0.05, 0.1) is 24.2 Å². The highest BCUT2D eigenvalue weighted by molar-refractivity contribution is 5.04. The lowest BCUT2D eigenvalue weighted by Crippen LogP contribution is -2.30. The SMILES string of the molecule is CC(N)c1cncn1CC1(C)CCCO1. The van der Waals surface area contributed by atoms with Crippen LogP contribution < -0.4 is 5.73 Å². The van der Waals surface area contributed by atoms with E-state index < -0.39 is 0 Å². The normalized spacial score (nSPS) is 28.2. The van der Waals surface area contributed by atoms with Crippen LogP contribution in [0, 0.1) is 0 Å². The molecule has 84 valence electrons. The van der Waals surface area contributed by atoms with Crippen molar-refractivity contribution < 1.29 is 4.74 Å². The number of ether oxygens (including phenoxy) is 1. The number of nitrogens with two attached hydrogens (primary N) is 1. The fourth-order valence-electron chi connectivity index (χ4n) is 2.16. The van der Waals surface area contributed by atoms with E-state index in [1.807, 2.05) is 19.4 Å². The van der Waals surface area contributed by atoms with Crippen molar-refractivity contribution in [1.82, 2.24) is 9.55 Å². The minimum absolute atomic E-state index is 0.0255. The summed E-state index contributed by atoms with van der Waals surface area (Å²) in [7, 11) is 0. The average molecular weight is 209 g/mol. The van der Waals surface area contributed by atoms with Crippen molar-refractivity contribution in [2.45, 2.75) is 44.9 Å². The second-order valence-corrected chi connectivity index (χ2v) is 4.64. The minimum atomic E-state index is -0.0374. The van der Waals surface area contributed by atoms with Crippen molar-refractivity contribution >= 4 is 0 Å². The maximum atomic E-state index is 5.87. The number of aromatic nitrogens is 2. The van der Waals surface area contributed by atoms with Crippen molar-refractivity contribution in [3.8, 4) is 0 Å². The molecule has 1 aliphatic heterocycles. The molecular weight excluding hydrogens is 190 g/mol. The molecule has 0 aliphatic carbocycles. The van der Waals surface area contributed by atoms with E-state index in [1.165, 1.54) is 0 Å². The summed E-state index contributed by atoms with van der Waals surface area (Å²) in [6.45, 7) is 5.86. The van der Waals surface area contributed by atoms with E-state index in [2.05, 4.69) is 16.5 Å². The van der Waals surface area contributed by atoms with Crippen molar-refractivity contribution in [2.75, 3.05) is 6.61 Å². The predicted molar refractivity (Wildman–Crippen MR) is 58.4 cm³/mol. The molecule has 15 heavy (non-hydrogen) atoms. The van der Waals surface area contributed by atoms with Gasteiger partial charge in [-0.2, -0.15) is 0 Å². The highest BCUT2D eigenvalue weighted by atomic mass is 16.5. The van der Waals surface area contributed by atoms with Crippen LogP contribution in [0.2, 0.25) is 0 Å². The van der Waals surface area contributed by atoms with Gasteiger partial charge in [-0.3, -0.25) is 0 Å². The lowest BCUT2D eigenvalue weighted by molar-refractivity contribution is 0.00554. The Kier molecular flexibility index (Phi) is 2.80. The molecule has 1 aliphatic rings. The molecule has 0 amide bonds. The first-order chi connectivity index (χ1) is 7.11. The van der Waals surface area contributed by atoms with Crippen LogP contribution in [0.4, 0.5) is 0 Å². The maximum Gasteiger partial charge on any atom is 0.0949 e. The smallest absolute Gasteiger partial charge is 0.0949 e. The van der Waals surface area contributed by atoms with Gasteiger partial charge >= 0.3 is 0 Å². The van der Waals surface area contributed by atoms with Gasteiger partial charge in [0, 0.05) is 18.8 Å². The summed E-state index contributed by atoms with van der Waals surface area (Å²) in [5.41, 5.74) is 6.91. The molecule has 1 saturated heterocycles. The third kappa shape index (κ3) is 2.21. The zero-order valence-electron chi connectivity index (χ0n) is 9.44. The second-order valence-electron chi connectivity index (χ2n) is 4.64. The van der Waals surface area contributed by atoms with E-state index in [0.717, 1.165) is 31.7 Å². The number of nitrogens with zero attached hydrogens (tertiary/aromatic N) is 2. The quantitative estimate of drug-likeness (QED) is 0.820. The van der Waals surface area contributed by atoms with Crippen LogP contribution in [0.3, 0.4) is 0 Å². The van der Waals surface area contributed by atoms with Gasteiger partial charge in [0.25, 0.3) is 0 Å². The fraction of sp³-hybridized carbons (Fsp3) is 0.727. The largest absolute Gasteiger partial charge is 0.373 e. The standard InChI is InChI=1S/C11H19N3O/c1-9(12)10-6-13-8-14(10)7-11(2)4-3-5-15-11/h6,8-9H,3-5,7,12H2,1-2H3. The van der Waals surface area contributed by atoms with Crippen LogP contribution in [0.5, 0.6) is 0 Å². The molecule has 1 fully saturated rings. The van der Waals surface area contributed by atoms with Crippen molar-refractivity contribution in [1.29, 1.82) is 0 Å². The van der Waals surface area contributed by atoms with Crippen molar-refractivity contribution in [2.24, 2.45) is 5.73 Å². The van der Waals surface area contributed by atoms with E-state index in [-0.39, 0.29) is 11.6 Å². The Morgan fingerprint density at radius 3 is 3.13 bits per heavy atom. The lowest BCUT2D eigenvalue weighted by atomic mass is 10.0. The summed E-state index contributed by atoms with van der Waals surface area (Å²) in [6, 6.07) is 0.0255. The molecule has 0 saturated carbocycles. The van der Waals surface area contributed by atoms with E-state index in [4.69, 9.17) is 10.5 Å². The highest BCUT2D eigenvalue weighted by Gasteiger charge is 2.30. The summed E-state index contributed by atoms with van der Waals surface area (Å²) in [6.07, 6.45) is 5.94. The molecule has 0 aromatic carbocycles. The van der Waals surface area contributed by atoms with Gasteiger partial charge in [-0.15, -0.1) is 0 Å². The Hall–Kier alpha value is -0.870. The summed E-state index contributed by atoms with van der Waals surface area (Å²) < 4.78 is 7.87. The van der Waals surface area contributed by atoms with E-state index in [9.17, 15) is 0 Å². The van der Waals surface area contributed by atoms with Crippen LogP contribution in [-0.4, -0.2) is 21.8 Å². The zero-order chi connectivity index (χ0) is 10.9. The van der Waals surface area contributed by atoms with Crippen LogP contribution in [0.1, 0.15) is 38.4 Å². The summed E-state index contributed by atoms with van der Waals surface area (Å²) in [4.78, 5) is 4.14. The molecule has 0 spiro atoms. The number of hydrogen-bond donors (Lipinski definition) is 1. The molecule has 2 rings (SSSR count). The molecule has 1 aromatic rings. The van der Waals surface area contributed by atoms with Gasteiger partial charge in [-0.1, -0.05) is 0 Å². The molecule has 4 nitrogen and oxygen atoms in total. The predicted octanol–water partition coefficient (Wildman–Crippen LogP) is 1.47. The summed E-state index contributed by atoms with van der Waals surface area (Å²) >= 11 is 0. The molecule has 1 aromatic heterocycles. The lowest BCUT2D eigenvalue weighted by Gasteiger charge is -2.25. The van der Waals surface area contributed by atoms with Crippen molar-refractivity contribution in [3.63, 3.8) is 0 Å². The second kappa shape index (κ2) is 3.94. The van der Waals surface area contributed by atoms with Gasteiger partial charge in [0.2, 0.25) is 0 Å². The highest BCUT2D eigenvalue weighted by Crippen LogP contribution is 2.27. The Morgan fingerprint density at radius 1 is 1.73 bits per heavy atom. The summed E-state index contributed by atoms with van der Waals surface area (Å²) in [5, 5.41) is 0. The molecule has 0 radical (unpaired) electrons. The Balaban J connectivity index is 2.13.